The molecule has 0 aromatic heterocycles. The summed E-state index contributed by atoms with van der Waals surface area (Å²) in [5, 5.41) is 13.4. The molecular formula is C22H31ClN4OS. The van der Waals surface area contributed by atoms with E-state index < -0.39 is 0 Å². The summed E-state index contributed by atoms with van der Waals surface area (Å²) < 4.78 is 0. The van der Waals surface area contributed by atoms with Gasteiger partial charge < -0.3 is 5.32 Å². The molecule has 1 amide bonds. The van der Waals surface area contributed by atoms with Gasteiger partial charge in [0.2, 0.25) is 11.1 Å². The van der Waals surface area contributed by atoms with Gasteiger partial charge in [0, 0.05) is 13.0 Å². The first-order valence-corrected chi connectivity index (χ1v) is 12.1. The Hall–Kier alpha value is -1.40. The van der Waals surface area contributed by atoms with Crippen molar-refractivity contribution >= 4 is 40.1 Å². The summed E-state index contributed by atoms with van der Waals surface area (Å²) in [5.74, 6) is 0.174. The van der Waals surface area contributed by atoms with Crippen molar-refractivity contribution in [3.05, 3.63) is 29.3 Å². The van der Waals surface area contributed by atoms with Crippen LogP contribution in [-0.2, 0) is 4.79 Å². The highest BCUT2D eigenvalue weighted by molar-refractivity contribution is 8.15. The molecule has 3 rings (SSSR count). The van der Waals surface area contributed by atoms with E-state index >= 15 is 0 Å². The molecule has 1 fully saturated rings. The normalized spacial score (nSPS) is 26.7. The van der Waals surface area contributed by atoms with Crippen molar-refractivity contribution in [2.75, 3.05) is 6.54 Å². The number of nitrogens with zero attached hydrogens (tertiary/aromatic N) is 3. The molecule has 0 radical (unpaired) electrons. The number of hydrogen-bond acceptors (Lipinski definition) is 4. The molecule has 29 heavy (non-hydrogen) atoms. The van der Waals surface area contributed by atoms with Gasteiger partial charge >= 0.3 is 0 Å². The van der Waals surface area contributed by atoms with Gasteiger partial charge in [-0.2, -0.15) is 5.11 Å². The summed E-state index contributed by atoms with van der Waals surface area (Å²) >= 11 is 7.89. The molecule has 1 spiro atoms. The van der Waals surface area contributed by atoms with Gasteiger partial charge in [0.25, 0.3) is 0 Å². The van der Waals surface area contributed by atoms with E-state index in [0.29, 0.717) is 23.2 Å². The fourth-order valence-electron chi connectivity index (χ4n) is 3.79. The molecule has 2 aliphatic heterocycles. The Morgan fingerprint density at radius 3 is 2.45 bits per heavy atom. The smallest absolute Gasteiger partial charge is 0.219 e. The lowest BCUT2D eigenvalue weighted by Crippen LogP contribution is -2.27. The van der Waals surface area contributed by atoms with Crippen molar-refractivity contribution in [1.82, 2.24) is 5.32 Å². The number of amidine groups is 1. The molecule has 0 aliphatic carbocycles. The predicted molar refractivity (Wildman–Crippen MR) is 122 cm³/mol. The maximum Gasteiger partial charge on any atom is 0.219 e. The maximum atomic E-state index is 12.0. The number of azo groups is 1. The number of para-hydroxylation sites is 1. The van der Waals surface area contributed by atoms with E-state index in [0.717, 1.165) is 37.8 Å². The van der Waals surface area contributed by atoms with Gasteiger partial charge in [0.1, 0.15) is 4.87 Å². The van der Waals surface area contributed by atoms with Crippen LogP contribution in [0.25, 0.3) is 0 Å². The lowest BCUT2D eigenvalue weighted by atomic mass is 10.0. The van der Waals surface area contributed by atoms with Crippen LogP contribution in [0.15, 0.2) is 39.5 Å². The summed E-state index contributed by atoms with van der Waals surface area (Å²) in [7, 11) is 0. The SMILES string of the molecule is O=C1CCCCCCCCCCC2(CCCN1)N=NC(=Nc1ccccc1Cl)S2. The van der Waals surface area contributed by atoms with E-state index in [9.17, 15) is 4.79 Å². The van der Waals surface area contributed by atoms with Crippen LogP contribution in [0.5, 0.6) is 0 Å². The molecule has 2 heterocycles. The van der Waals surface area contributed by atoms with E-state index in [2.05, 4.69) is 20.5 Å². The number of rotatable bonds is 1. The maximum absolute atomic E-state index is 12.0. The second kappa shape index (κ2) is 11.7. The third-order valence-electron chi connectivity index (χ3n) is 5.46. The van der Waals surface area contributed by atoms with Gasteiger partial charge in [-0.05, 0) is 37.8 Å². The number of hydrogen-bond donors (Lipinski definition) is 1. The first-order valence-electron chi connectivity index (χ1n) is 10.9. The summed E-state index contributed by atoms with van der Waals surface area (Å²) in [6.07, 6.45) is 13.1. The number of carbonyl (C=O) groups is 1. The van der Waals surface area contributed by atoms with E-state index in [4.69, 9.17) is 11.6 Å². The lowest BCUT2D eigenvalue weighted by molar-refractivity contribution is -0.121. The average molecular weight is 435 g/mol. The van der Waals surface area contributed by atoms with Crippen molar-refractivity contribution in [3.63, 3.8) is 0 Å². The van der Waals surface area contributed by atoms with Gasteiger partial charge in [-0.15, -0.1) is 5.11 Å². The Morgan fingerprint density at radius 1 is 0.966 bits per heavy atom. The average Bonchev–Trinajstić information content (AvgIpc) is 3.11. The monoisotopic (exact) mass is 434 g/mol. The minimum Gasteiger partial charge on any atom is -0.356 e. The zero-order chi connectivity index (χ0) is 20.4. The number of amides is 1. The highest BCUT2D eigenvalue weighted by atomic mass is 35.5. The summed E-state index contributed by atoms with van der Waals surface area (Å²) in [4.78, 5) is 16.3. The minimum atomic E-state index is -0.262. The van der Waals surface area contributed by atoms with Crippen LogP contribution in [0.3, 0.4) is 0 Å². The summed E-state index contributed by atoms with van der Waals surface area (Å²) in [6.45, 7) is 0.702. The number of aliphatic imine (C=N–C) groups is 1. The fraction of sp³-hybridized carbons (Fsp3) is 0.636. The van der Waals surface area contributed by atoms with Crippen LogP contribution >= 0.6 is 23.4 Å². The van der Waals surface area contributed by atoms with Crippen molar-refractivity contribution < 1.29 is 4.79 Å². The zero-order valence-corrected chi connectivity index (χ0v) is 18.6. The Kier molecular flexibility index (Phi) is 8.99. The predicted octanol–water partition coefficient (Wildman–Crippen LogP) is 7.03. The van der Waals surface area contributed by atoms with E-state index in [1.54, 1.807) is 11.8 Å². The Bertz CT molecular complexity index is 739. The van der Waals surface area contributed by atoms with Gasteiger partial charge in [-0.25, -0.2) is 4.99 Å². The quantitative estimate of drug-likeness (QED) is 0.515. The van der Waals surface area contributed by atoms with Crippen molar-refractivity contribution in [2.24, 2.45) is 15.2 Å². The lowest BCUT2D eigenvalue weighted by Gasteiger charge is -2.23. The first-order chi connectivity index (χ1) is 14.2. The zero-order valence-electron chi connectivity index (χ0n) is 17.0. The molecule has 0 saturated carbocycles. The second-order valence-electron chi connectivity index (χ2n) is 7.88. The highest BCUT2D eigenvalue weighted by Crippen LogP contribution is 2.44. The van der Waals surface area contributed by atoms with Crippen molar-refractivity contribution in [3.8, 4) is 0 Å². The van der Waals surface area contributed by atoms with Gasteiger partial charge in [-0.3, -0.25) is 4.79 Å². The molecule has 1 unspecified atom stereocenters. The van der Waals surface area contributed by atoms with Crippen molar-refractivity contribution in [1.29, 1.82) is 0 Å². The van der Waals surface area contributed by atoms with Crippen LogP contribution < -0.4 is 5.32 Å². The van der Waals surface area contributed by atoms with E-state index in [-0.39, 0.29) is 10.8 Å². The molecular weight excluding hydrogens is 404 g/mol. The standard InChI is InChI=1S/C22H31ClN4OS/c23-18-12-8-9-13-19(18)25-21-26-27-22(29-21)15-10-6-4-2-1-3-5-7-14-20(28)24-17-11-16-22/h8-9,12-13H,1-7,10-11,14-17H2,(H,24,28). The Morgan fingerprint density at radius 2 is 1.66 bits per heavy atom. The van der Waals surface area contributed by atoms with Crippen LogP contribution in [0.2, 0.25) is 5.02 Å². The van der Waals surface area contributed by atoms with E-state index in [1.165, 1.54) is 38.5 Å². The van der Waals surface area contributed by atoms with Gasteiger partial charge in [0.05, 0.1) is 10.7 Å². The molecule has 0 bridgehead atoms. The molecule has 158 valence electrons. The fourth-order valence-corrected chi connectivity index (χ4v) is 5.11. The number of halogens is 1. The minimum absolute atomic E-state index is 0.174. The number of benzene rings is 1. The number of carbonyl (C=O) groups excluding carboxylic acids is 1. The topological polar surface area (TPSA) is 66.2 Å². The third kappa shape index (κ3) is 7.41. The first kappa shape index (κ1) is 22.3. The number of thioether (sulfide) groups is 1. The molecule has 1 atom stereocenters. The van der Waals surface area contributed by atoms with E-state index in [1.807, 2.05) is 24.3 Å². The van der Waals surface area contributed by atoms with Crippen LogP contribution in [0.4, 0.5) is 5.69 Å². The molecule has 1 saturated heterocycles. The third-order valence-corrected chi connectivity index (χ3v) is 7.00. The van der Waals surface area contributed by atoms with Gasteiger partial charge in [0.15, 0.2) is 0 Å². The van der Waals surface area contributed by atoms with Gasteiger partial charge in [-0.1, -0.05) is 80.4 Å². The summed E-state index contributed by atoms with van der Waals surface area (Å²) in [5.41, 5.74) is 0.730. The van der Waals surface area contributed by atoms with Crippen LogP contribution in [0.1, 0.15) is 77.0 Å². The summed E-state index contributed by atoms with van der Waals surface area (Å²) in [6, 6.07) is 7.55. The molecule has 1 N–H and O–H groups in total. The molecule has 2 aliphatic rings. The number of nitrogens with one attached hydrogen (secondary N) is 1. The van der Waals surface area contributed by atoms with Crippen LogP contribution in [-0.4, -0.2) is 22.5 Å². The molecule has 1 aromatic rings. The Labute approximate surface area is 183 Å². The van der Waals surface area contributed by atoms with Crippen molar-refractivity contribution in [2.45, 2.75) is 81.9 Å². The second-order valence-corrected chi connectivity index (χ2v) is 9.61. The highest BCUT2D eigenvalue weighted by Gasteiger charge is 2.36. The largest absolute Gasteiger partial charge is 0.356 e. The molecule has 7 heteroatoms. The molecule has 1 aromatic carbocycles. The Balaban J connectivity index is 1.62. The van der Waals surface area contributed by atoms with Crippen LogP contribution in [0, 0.1) is 0 Å². The molecule has 5 nitrogen and oxygen atoms in total.